The normalized spacial score (nSPS) is 18.8. The lowest BCUT2D eigenvalue weighted by molar-refractivity contribution is -0.139. The van der Waals surface area contributed by atoms with Gasteiger partial charge in [0, 0.05) is 6.04 Å². The van der Waals surface area contributed by atoms with Crippen LogP contribution in [0.2, 0.25) is 0 Å². The SMILES string of the molecule is O=C(O)[C@@H](c1ccc(-c2ccccc2)cc1)C1C=CCCN1. The molecule has 0 saturated heterocycles. The molecule has 1 aliphatic heterocycles. The molecule has 2 aromatic carbocycles. The first-order valence-electron chi connectivity index (χ1n) is 7.54. The van der Waals surface area contributed by atoms with Crippen molar-refractivity contribution in [2.45, 2.75) is 18.4 Å². The summed E-state index contributed by atoms with van der Waals surface area (Å²) in [4.78, 5) is 11.7. The minimum atomic E-state index is -0.795. The molecule has 2 N–H and O–H groups in total. The Morgan fingerprint density at radius 2 is 1.73 bits per heavy atom. The molecule has 0 bridgehead atoms. The Bertz CT molecular complexity index is 662. The average Bonchev–Trinajstić information content (AvgIpc) is 2.57. The summed E-state index contributed by atoms with van der Waals surface area (Å²) in [5.41, 5.74) is 3.06. The Kier molecular flexibility index (Phi) is 4.35. The Morgan fingerprint density at radius 3 is 2.32 bits per heavy atom. The molecule has 0 fully saturated rings. The van der Waals surface area contributed by atoms with Crippen molar-refractivity contribution in [3.63, 3.8) is 0 Å². The summed E-state index contributed by atoms with van der Waals surface area (Å²) >= 11 is 0. The molecular formula is C19H19NO2. The Labute approximate surface area is 130 Å². The summed E-state index contributed by atoms with van der Waals surface area (Å²) in [6.07, 6.45) is 4.97. The maximum absolute atomic E-state index is 11.7. The second kappa shape index (κ2) is 6.58. The Balaban J connectivity index is 1.88. The number of carbonyl (C=O) groups is 1. The first kappa shape index (κ1) is 14.5. The van der Waals surface area contributed by atoms with E-state index in [1.54, 1.807) is 0 Å². The predicted octanol–water partition coefficient (Wildman–Crippen LogP) is 3.44. The lowest BCUT2D eigenvalue weighted by atomic mass is 9.89. The second-order valence-corrected chi connectivity index (χ2v) is 5.50. The van der Waals surface area contributed by atoms with Gasteiger partial charge in [0.2, 0.25) is 0 Å². The van der Waals surface area contributed by atoms with Crippen LogP contribution in [-0.2, 0) is 4.79 Å². The van der Waals surface area contributed by atoms with Crippen LogP contribution in [0.4, 0.5) is 0 Å². The summed E-state index contributed by atoms with van der Waals surface area (Å²) in [6.45, 7) is 0.826. The van der Waals surface area contributed by atoms with E-state index in [-0.39, 0.29) is 6.04 Å². The van der Waals surface area contributed by atoms with Gasteiger partial charge in [-0.2, -0.15) is 0 Å². The van der Waals surface area contributed by atoms with E-state index in [1.165, 1.54) is 0 Å². The monoisotopic (exact) mass is 293 g/mol. The average molecular weight is 293 g/mol. The third kappa shape index (κ3) is 3.10. The zero-order chi connectivity index (χ0) is 15.4. The highest BCUT2D eigenvalue weighted by Gasteiger charge is 2.28. The van der Waals surface area contributed by atoms with E-state index in [4.69, 9.17) is 0 Å². The molecule has 0 spiro atoms. The first-order chi connectivity index (χ1) is 10.8. The third-order valence-corrected chi connectivity index (χ3v) is 4.04. The van der Waals surface area contributed by atoms with Gasteiger partial charge in [-0.1, -0.05) is 66.7 Å². The van der Waals surface area contributed by atoms with Gasteiger partial charge in [-0.05, 0) is 29.7 Å². The van der Waals surface area contributed by atoms with E-state index in [0.29, 0.717) is 0 Å². The van der Waals surface area contributed by atoms with Crippen LogP contribution in [0.3, 0.4) is 0 Å². The van der Waals surface area contributed by atoms with Gasteiger partial charge in [0.1, 0.15) is 5.92 Å². The first-order valence-corrected chi connectivity index (χ1v) is 7.54. The minimum absolute atomic E-state index is 0.145. The van der Waals surface area contributed by atoms with Crippen molar-refractivity contribution < 1.29 is 9.90 Å². The van der Waals surface area contributed by atoms with Crippen molar-refractivity contribution in [3.8, 4) is 11.1 Å². The molecule has 3 heteroatoms. The van der Waals surface area contributed by atoms with Gasteiger partial charge in [-0.15, -0.1) is 0 Å². The molecular weight excluding hydrogens is 274 g/mol. The number of hydrogen-bond donors (Lipinski definition) is 2. The molecule has 0 saturated carbocycles. The van der Waals surface area contributed by atoms with Crippen molar-refractivity contribution in [1.82, 2.24) is 5.32 Å². The topological polar surface area (TPSA) is 49.3 Å². The largest absolute Gasteiger partial charge is 0.481 e. The van der Waals surface area contributed by atoms with E-state index < -0.39 is 11.9 Å². The van der Waals surface area contributed by atoms with Crippen LogP contribution in [0.1, 0.15) is 17.9 Å². The maximum Gasteiger partial charge on any atom is 0.312 e. The molecule has 22 heavy (non-hydrogen) atoms. The predicted molar refractivity (Wildman–Crippen MR) is 87.8 cm³/mol. The zero-order valence-electron chi connectivity index (χ0n) is 12.3. The fourth-order valence-electron chi connectivity index (χ4n) is 2.89. The fraction of sp³-hybridized carbons (Fsp3) is 0.211. The van der Waals surface area contributed by atoms with Crippen LogP contribution in [-0.4, -0.2) is 23.7 Å². The molecule has 1 heterocycles. The number of rotatable bonds is 4. The van der Waals surface area contributed by atoms with Crippen molar-refractivity contribution in [2.24, 2.45) is 0 Å². The van der Waals surface area contributed by atoms with E-state index in [1.807, 2.05) is 48.5 Å². The van der Waals surface area contributed by atoms with Crippen molar-refractivity contribution in [2.75, 3.05) is 6.54 Å². The highest BCUT2D eigenvalue weighted by atomic mass is 16.4. The molecule has 0 aromatic heterocycles. The third-order valence-electron chi connectivity index (χ3n) is 4.04. The Morgan fingerprint density at radius 1 is 1.05 bits per heavy atom. The van der Waals surface area contributed by atoms with Crippen LogP contribution < -0.4 is 5.32 Å². The number of benzene rings is 2. The van der Waals surface area contributed by atoms with Crippen LogP contribution in [0, 0.1) is 0 Å². The lowest BCUT2D eigenvalue weighted by Gasteiger charge is -2.25. The lowest BCUT2D eigenvalue weighted by Crippen LogP contribution is -2.39. The molecule has 1 aliphatic rings. The summed E-state index contributed by atoms with van der Waals surface area (Å²) in [7, 11) is 0. The summed E-state index contributed by atoms with van der Waals surface area (Å²) in [5.74, 6) is -1.35. The molecule has 3 nitrogen and oxygen atoms in total. The zero-order valence-corrected chi connectivity index (χ0v) is 12.3. The van der Waals surface area contributed by atoms with Gasteiger partial charge in [0.05, 0.1) is 0 Å². The number of aliphatic carboxylic acids is 1. The maximum atomic E-state index is 11.7. The molecule has 0 aliphatic carbocycles. The molecule has 1 unspecified atom stereocenters. The van der Waals surface area contributed by atoms with Crippen LogP contribution in [0.5, 0.6) is 0 Å². The molecule has 112 valence electrons. The van der Waals surface area contributed by atoms with Gasteiger partial charge in [-0.3, -0.25) is 4.79 Å². The summed E-state index contributed by atoms with van der Waals surface area (Å²) in [6, 6.07) is 17.8. The van der Waals surface area contributed by atoms with Gasteiger partial charge in [0.15, 0.2) is 0 Å². The highest BCUT2D eigenvalue weighted by Crippen LogP contribution is 2.26. The standard InChI is InChI=1S/C19H19NO2/c21-19(22)18(17-8-4-5-13-20-17)16-11-9-15(10-12-16)14-6-2-1-3-7-14/h1-4,6-12,17-18,20H,5,13H2,(H,21,22)/t17?,18-/m0/s1. The van der Waals surface area contributed by atoms with Crippen LogP contribution in [0.15, 0.2) is 66.7 Å². The quantitative estimate of drug-likeness (QED) is 0.849. The molecule has 2 atom stereocenters. The second-order valence-electron chi connectivity index (χ2n) is 5.50. The van der Waals surface area contributed by atoms with E-state index in [2.05, 4.69) is 23.5 Å². The molecule has 0 radical (unpaired) electrons. The summed E-state index contributed by atoms with van der Waals surface area (Å²) < 4.78 is 0. The van der Waals surface area contributed by atoms with Gasteiger partial charge < -0.3 is 10.4 Å². The minimum Gasteiger partial charge on any atom is -0.481 e. The fourth-order valence-corrected chi connectivity index (χ4v) is 2.89. The van der Waals surface area contributed by atoms with Crippen LogP contribution in [0.25, 0.3) is 11.1 Å². The molecule has 2 aromatic rings. The van der Waals surface area contributed by atoms with Crippen molar-refractivity contribution in [1.29, 1.82) is 0 Å². The van der Waals surface area contributed by atoms with Gasteiger partial charge >= 0.3 is 5.97 Å². The van der Waals surface area contributed by atoms with E-state index in [0.717, 1.165) is 29.7 Å². The molecule has 3 rings (SSSR count). The number of hydrogen-bond acceptors (Lipinski definition) is 2. The number of carboxylic acids is 1. The molecule has 0 amide bonds. The highest BCUT2D eigenvalue weighted by molar-refractivity contribution is 5.78. The van der Waals surface area contributed by atoms with E-state index >= 15 is 0 Å². The number of nitrogens with one attached hydrogen (secondary N) is 1. The van der Waals surface area contributed by atoms with E-state index in [9.17, 15) is 9.90 Å². The van der Waals surface area contributed by atoms with Crippen molar-refractivity contribution in [3.05, 3.63) is 72.3 Å². The smallest absolute Gasteiger partial charge is 0.312 e. The Hall–Kier alpha value is -2.39. The van der Waals surface area contributed by atoms with Gasteiger partial charge in [0.25, 0.3) is 0 Å². The summed E-state index contributed by atoms with van der Waals surface area (Å²) in [5, 5.41) is 12.9. The van der Waals surface area contributed by atoms with Crippen molar-refractivity contribution >= 4 is 5.97 Å². The number of carboxylic acid groups (broad SMARTS) is 1. The van der Waals surface area contributed by atoms with Crippen LogP contribution >= 0.6 is 0 Å². The van der Waals surface area contributed by atoms with Gasteiger partial charge in [-0.25, -0.2) is 0 Å².